The number of para-hydroxylation sites is 1. The lowest BCUT2D eigenvalue weighted by atomic mass is 10.3. The van der Waals surface area contributed by atoms with Gasteiger partial charge in [-0.3, -0.25) is 14.0 Å². The van der Waals surface area contributed by atoms with Gasteiger partial charge in [-0.05, 0) is 38.1 Å². The predicted octanol–water partition coefficient (Wildman–Crippen LogP) is 3.75. The first-order valence-corrected chi connectivity index (χ1v) is 9.85. The van der Waals surface area contributed by atoms with E-state index in [4.69, 9.17) is 0 Å². The summed E-state index contributed by atoms with van der Waals surface area (Å²) < 4.78 is 29.0. The van der Waals surface area contributed by atoms with Crippen molar-refractivity contribution in [2.24, 2.45) is 0 Å². The molecule has 0 saturated carbocycles. The SMILES string of the molecule is FC(F)n1ccnc1CSc1nnc(CN2CCCC2)n1-c1ccccc1. The van der Waals surface area contributed by atoms with Crippen LogP contribution in [-0.4, -0.2) is 42.3 Å². The summed E-state index contributed by atoms with van der Waals surface area (Å²) in [5.74, 6) is 1.48. The van der Waals surface area contributed by atoms with Crippen LogP contribution >= 0.6 is 11.8 Å². The van der Waals surface area contributed by atoms with E-state index in [-0.39, 0.29) is 0 Å². The summed E-state index contributed by atoms with van der Waals surface area (Å²) in [5, 5.41) is 9.40. The van der Waals surface area contributed by atoms with Gasteiger partial charge in [-0.25, -0.2) is 4.98 Å². The second-order valence-electron chi connectivity index (χ2n) is 6.37. The van der Waals surface area contributed by atoms with Crippen molar-refractivity contribution >= 4 is 11.8 Å². The molecule has 1 aliphatic rings. The lowest BCUT2D eigenvalue weighted by molar-refractivity contribution is 0.0678. The average Bonchev–Trinajstić information content (AvgIpc) is 3.42. The summed E-state index contributed by atoms with van der Waals surface area (Å²) in [5.41, 5.74) is 0.969. The van der Waals surface area contributed by atoms with Crippen LogP contribution < -0.4 is 0 Å². The Morgan fingerprint density at radius 2 is 1.81 bits per heavy atom. The number of hydrogen-bond acceptors (Lipinski definition) is 5. The number of thioether (sulfide) groups is 1. The molecule has 6 nitrogen and oxygen atoms in total. The van der Waals surface area contributed by atoms with Crippen LogP contribution in [0.4, 0.5) is 8.78 Å². The Morgan fingerprint density at radius 1 is 1.04 bits per heavy atom. The highest BCUT2D eigenvalue weighted by atomic mass is 32.2. The molecule has 0 bridgehead atoms. The highest BCUT2D eigenvalue weighted by molar-refractivity contribution is 7.98. The molecular formula is C18H20F2N6S. The maximum absolute atomic E-state index is 13.0. The molecule has 27 heavy (non-hydrogen) atoms. The van der Waals surface area contributed by atoms with Gasteiger partial charge in [-0.1, -0.05) is 30.0 Å². The van der Waals surface area contributed by atoms with Crippen molar-refractivity contribution in [3.05, 3.63) is 54.4 Å². The molecule has 0 amide bonds. The fourth-order valence-corrected chi connectivity index (χ4v) is 4.16. The second kappa shape index (κ2) is 8.18. The van der Waals surface area contributed by atoms with Crippen LogP contribution in [-0.2, 0) is 12.3 Å². The summed E-state index contributed by atoms with van der Waals surface area (Å²) >= 11 is 1.36. The highest BCUT2D eigenvalue weighted by Gasteiger charge is 2.20. The zero-order valence-corrected chi connectivity index (χ0v) is 15.5. The van der Waals surface area contributed by atoms with Gasteiger partial charge in [0.05, 0.1) is 12.3 Å². The Kier molecular flexibility index (Phi) is 5.49. The molecule has 2 aromatic heterocycles. The van der Waals surface area contributed by atoms with Gasteiger partial charge >= 0.3 is 6.55 Å². The molecule has 0 spiro atoms. The molecule has 1 aliphatic heterocycles. The van der Waals surface area contributed by atoms with Gasteiger partial charge in [-0.15, -0.1) is 10.2 Å². The molecular weight excluding hydrogens is 370 g/mol. The number of halogens is 2. The molecule has 0 aliphatic carbocycles. The predicted molar refractivity (Wildman–Crippen MR) is 98.9 cm³/mol. The number of nitrogens with zero attached hydrogens (tertiary/aromatic N) is 6. The van der Waals surface area contributed by atoms with E-state index in [0.29, 0.717) is 16.7 Å². The van der Waals surface area contributed by atoms with E-state index in [2.05, 4.69) is 20.1 Å². The van der Waals surface area contributed by atoms with Gasteiger partial charge in [0, 0.05) is 18.1 Å². The molecule has 3 heterocycles. The summed E-state index contributed by atoms with van der Waals surface area (Å²) in [6.45, 7) is 0.265. The zero-order chi connectivity index (χ0) is 18.6. The van der Waals surface area contributed by atoms with Gasteiger partial charge in [0.25, 0.3) is 0 Å². The quantitative estimate of drug-likeness (QED) is 0.575. The van der Waals surface area contributed by atoms with Crippen molar-refractivity contribution in [1.82, 2.24) is 29.2 Å². The summed E-state index contributed by atoms with van der Waals surface area (Å²) in [6, 6.07) is 9.89. The maximum atomic E-state index is 13.0. The van der Waals surface area contributed by atoms with Crippen molar-refractivity contribution in [2.75, 3.05) is 13.1 Å². The Balaban J connectivity index is 1.59. The minimum Gasteiger partial charge on any atom is -0.296 e. The Bertz CT molecular complexity index is 873. The Morgan fingerprint density at radius 3 is 2.56 bits per heavy atom. The van der Waals surface area contributed by atoms with Crippen LogP contribution in [0.3, 0.4) is 0 Å². The van der Waals surface area contributed by atoms with Crippen LogP contribution in [0.25, 0.3) is 5.69 Å². The minimum absolute atomic E-state index is 0.298. The first-order chi connectivity index (χ1) is 13.2. The van der Waals surface area contributed by atoms with E-state index in [1.807, 2.05) is 34.9 Å². The van der Waals surface area contributed by atoms with Crippen molar-refractivity contribution in [3.8, 4) is 5.69 Å². The van der Waals surface area contributed by atoms with Gasteiger partial charge in [-0.2, -0.15) is 8.78 Å². The summed E-state index contributed by atoms with van der Waals surface area (Å²) in [7, 11) is 0. The van der Waals surface area contributed by atoms with E-state index < -0.39 is 6.55 Å². The van der Waals surface area contributed by atoms with Gasteiger partial charge in [0.1, 0.15) is 5.82 Å². The van der Waals surface area contributed by atoms with Gasteiger partial charge in [0.2, 0.25) is 0 Å². The first-order valence-electron chi connectivity index (χ1n) is 8.87. The second-order valence-corrected chi connectivity index (χ2v) is 7.31. The minimum atomic E-state index is -2.60. The molecule has 1 fully saturated rings. The fraction of sp³-hybridized carbons (Fsp3) is 0.389. The zero-order valence-electron chi connectivity index (χ0n) is 14.7. The molecule has 0 N–H and O–H groups in total. The fourth-order valence-electron chi connectivity index (χ4n) is 3.24. The molecule has 0 atom stereocenters. The molecule has 9 heteroatoms. The van der Waals surface area contributed by atoms with Crippen molar-refractivity contribution in [3.63, 3.8) is 0 Å². The summed E-state index contributed by atoms with van der Waals surface area (Å²) in [4.78, 5) is 6.40. The third kappa shape index (κ3) is 4.03. The lowest BCUT2D eigenvalue weighted by Gasteiger charge is -2.16. The van der Waals surface area contributed by atoms with E-state index in [1.165, 1.54) is 37.0 Å². The van der Waals surface area contributed by atoms with Crippen LogP contribution in [0.15, 0.2) is 47.9 Å². The monoisotopic (exact) mass is 390 g/mol. The van der Waals surface area contributed by atoms with Crippen LogP contribution in [0.1, 0.15) is 31.0 Å². The average molecular weight is 390 g/mol. The number of rotatable bonds is 7. The third-order valence-electron chi connectivity index (χ3n) is 4.57. The molecule has 0 unspecified atom stereocenters. The number of benzene rings is 1. The third-order valence-corrected chi connectivity index (χ3v) is 5.49. The molecule has 1 aromatic carbocycles. The van der Waals surface area contributed by atoms with Gasteiger partial charge < -0.3 is 0 Å². The molecule has 3 aromatic rings. The van der Waals surface area contributed by atoms with Gasteiger partial charge in [0.15, 0.2) is 11.0 Å². The lowest BCUT2D eigenvalue weighted by Crippen LogP contribution is -2.21. The van der Waals surface area contributed by atoms with E-state index >= 15 is 0 Å². The molecule has 1 saturated heterocycles. The molecule has 0 radical (unpaired) electrons. The molecule has 142 valence electrons. The Labute approximate surface area is 160 Å². The topological polar surface area (TPSA) is 51.8 Å². The maximum Gasteiger partial charge on any atom is 0.319 e. The standard InChI is InChI=1S/C18H20F2N6S/c19-17(20)25-11-8-21-16(25)13-27-18-23-22-15(12-24-9-4-5-10-24)26(18)14-6-2-1-3-7-14/h1-3,6-8,11,17H,4-5,9-10,12-13H2. The van der Waals surface area contributed by atoms with E-state index in [0.717, 1.165) is 35.7 Å². The number of imidazole rings is 1. The number of likely N-dealkylation sites (tertiary alicyclic amines) is 1. The van der Waals surface area contributed by atoms with Crippen LogP contribution in [0.5, 0.6) is 0 Å². The smallest absolute Gasteiger partial charge is 0.296 e. The number of alkyl halides is 2. The number of hydrogen-bond donors (Lipinski definition) is 0. The van der Waals surface area contributed by atoms with E-state index in [1.54, 1.807) is 0 Å². The normalized spacial score (nSPS) is 15.1. The highest BCUT2D eigenvalue weighted by Crippen LogP contribution is 2.27. The molecule has 4 rings (SSSR count). The summed E-state index contributed by atoms with van der Waals surface area (Å²) in [6.07, 6.45) is 5.10. The van der Waals surface area contributed by atoms with Crippen LogP contribution in [0, 0.1) is 0 Å². The van der Waals surface area contributed by atoms with E-state index in [9.17, 15) is 8.78 Å². The first kappa shape index (κ1) is 18.1. The van der Waals surface area contributed by atoms with Crippen LogP contribution in [0.2, 0.25) is 0 Å². The van der Waals surface area contributed by atoms with Crippen molar-refractivity contribution in [1.29, 1.82) is 0 Å². The number of aromatic nitrogens is 5. The largest absolute Gasteiger partial charge is 0.319 e. The Hall–Kier alpha value is -2.26. The van der Waals surface area contributed by atoms with Crippen molar-refractivity contribution < 1.29 is 8.78 Å². The van der Waals surface area contributed by atoms with Crippen molar-refractivity contribution in [2.45, 2.75) is 36.8 Å².